The number of likely N-dealkylation sites (tertiary alicyclic amines) is 1. The van der Waals surface area contributed by atoms with Crippen LogP contribution in [0.15, 0.2) is 17.1 Å². The van der Waals surface area contributed by atoms with Crippen molar-refractivity contribution in [1.82, 2.24) is 4.90 Å². The summed E-state index contributed by atoms with van der Waals surface area (Å²) >= 11 is 0. The number of ether oxygens (including phenoxy) is 2. The highest BCUT2D eigenvalue weighted by molar-refractivity contribution is 14.0. The van der Waals surface area contributed by atoms with Crippen molar-refractivity contribution in [3.63, 3.8) is 0 Å². The van der Waals surface area contributed by atoms with Gasteiger partial charge >= 0.3 is 0 Å². The molecular weight excluding hydrogens is 412 g/mol. The highest BCUT2D eigenvalue weighted by Crippen LogP contribution is 2.30. The Labute approximate surface area is 153 Å². The van der Waals surface area contributed by atoms with Gasteiger partial charge in [-0.1, -0.05) is 6.92 Å². The number of guanidine groups is 1. The van der Waals surface area contributed by atoms with E-state index >= 15 is 0 Å². The number of halogens is 2. The molecule has 0 aromatic heterocycles. The summed E-state index contributed by atoms with van der Waals surface area (Å²) in [5, 5.41) is 0. The molecule has 0 aliphatic carbocycles. The van der Waals surface area contributed by atoms with Crippen LogP contribution in [0.25, 0.3) is 0 Å². The van der Waals surface area contributed by atoms with Gasteiger partial charge in [-0.3, -0.25) is 0 Å². The highest BCUT2D eigenvalue weighted by atomic mass is 127. The van der Waals surface area contributed by atoms with Crippen LogP contribution in [-0.4, -0.2) is 30.7 Å². The van der Waals surface area contributed by atoms with Gasteiger partial charge in [-0.15, -0.1) is 24.0 Å². The highest BCUT2D eigenvalue weighted by Gasteiger charge is 2.19. The molecule has 0 spiro atoms. The van der Waals surface area contributed by atoms with Crippen molar-refractivity contribution >= 4 is 29.9 Å². The maximum Gasteiger partial charge on any atom is 0.191 e. The fraction of sp³-hybridized carbons (Fsp3) is 0.562. The van der Waals surface area contributed by atoms with Crippen LogP contribution in [0.5, 0.6) is 5.75 Å². The molecule has 1 atom stereocenters. The first kappa shape index (κ1) is 18.3. The lowest BCUT2D eigenvalue weighted by molar-refractivity contribution is -0.0172. The van der Waals surface area contributed by atoms with Gasteiger partial charge in [0.15, 0.2) is 12.8 Å². The molecule has 7 heteroatoms. The van der Waals surface area contributed by atoms with E-state index in [1.807, 2.05) is 0 Å². The average Bonchev–Trinajstić information content (AvgIpc) is 2.52. The monoisotopic (exact) mass is 435 g/mol. The molecule has 0 saturated carbocycles. The second-order valence-corrected chi connectivity index (χ2v) is 6.03. The van der Waals surface area contributed by atoms with Crippen molar-refractivity contribution in [2.45, 2.75) is 32.9 Å². The van der Waals surface area contributed by atoms with E-state index in [2.05, 4.69) is 16.8 Å². The predicted molar refractivity (Wildman–Crippen MR) is 97.4 cm³/mol. The Kier molecular flexibility index (Phi) is 6.46. The number of nitrogens with zero attached hydrogens (tertiary/aromatic N) is 2. The van der Waals surface area contributed by atoms with E-state index < -0.39 is 0 Å². The van der Waals surface area contributed by atoms with E-state index in [0.29, 0.717) is 36.3 Å². The Hall–Kier alpha value is -1.09. The Balaban J connectivity index is 0.00000192. The van der Waals surface area contributed by atoms with Crippen LogP contribution < -0.4 is 10.5 Å². The molecule has 1 unspecified atom stereocenters. The summed E-state index contributed by atoms with van der Waals surface area (Å²) in [6, 6.07) is 2.90. The molecule has 1 aromatic rings. The van der Waals surface area contributed by atoms with Crippen LogP contribution in [0.4, 0.5) is 4.39 Å². The minimum absolute atomic E-state index is 0. The van der Waals surface area contributed by atoms with Crippen LogP contribution in [0, 0.1) is 11.7 Å². The molecule has 1 fully saturated rings. The number of benzene rings is 1. The van der Waals surface area contributed by atoms with E-state index in [-0.39, 0.29) is 36.6 Å². The van der Waals surface area contributed by atoms with Gasteiger partial charge in [0.2, 0.25) is 0 Å². The van der Waals surface area contributed by atoms with Gasteiger partial charge in [0.1, 0.15) is 11.6 Å². The Morgan fingerprint density at radius 3 is 3.09 bits per heavy atom. The zero-order valence-electron chi connectivity index (χ0n) is 13.3. The number of aliphatic imine (C=N–C) groups is 1. The van der Waals surface area contributed by atoms with Gasteiger partial charge in [-0.2, -0.15) is 0 Å². The minimum atomic E-state index is -0.303. The summed E-state index contributed by atoms with van der Waals surface area (Å²) < 4.78 is 24.4. The van der Waals surface area contributed by atoms with Gasteiger partial charge in [0, 0.05) is 24.2 Å². The van der Waals surface area contributed by atoms with E-state index in [9.17, 15) is 4.39 Å². The maximum atomic E-state index is 13.7. The van der Waals surface area contributed by atoms with E-state index in [1.54, 1.807) is 0 Å². The zero-order valence-corrected chi connectivity index (χ0v) is 15.6. The number of hydrogen-bond donors (Lipinski definition) is 1. The fourth-order valence-corrected chi connectivity index (χ4v) is 3.04. The zero-order chi connectivity index (χ0) is 15.5. The van der Waals surface area contributed by atoms with Crippen molar-refractivity contribution < 1.29 is 13.9 Å². The van der Waals surface area contributed by atoms with Crippen molar-refractivity contribution in [3.8, 4) is 5.75 Å². The summed E-state index contributed by atoms with van der Waals surface area (Å²) in [5.74, 6) is 1.53. The van der Waals surface area contributed by atoms with Crippen molar-refractivity contribution in [2.24, 2.45) is 16.6 Å². The Morgan fingerprint density at radius 2 is 2.30 bits per heavy atom. The van der Waals surface area contributed by atoms with Crippen LogP contribution in [0.2, 0.25) is 0 Å². The first-order valence-corrected chi connectivity index (χ1v) is 7.70. The quantitative estimate of drug-likeness (QED) is 0.441. The predicted octanol–water partition coefficient (Wildman–Crippen LogP) is 2.86. The molecule has 2 N–H and O–H groups in total. The Bertz CT molecular complexity index is 583. The molecule has 23 heavy (non-hydrogen) atoms. The molecule has 128 valence electrons. The number of fused-ring (bicyclic) bond motifs is 1. The standard InChI is InChI=1S/C16H22FN3O2.HI/c1-11-3-2-4-20(8-11)16(18)19-7-12-5-14(17)6-13-9-21-10-22-15(12)13;/h5-6,11H,2-4,7-10H2,1H3,(H2,18,19);1H. The van der Waals surface area contributed by atoms with Crippen molar-refractivity contribution in [1.29, 1.82) is 0 Å². The first-order valence-electron chi connectivity index (χ1n) is 7.70. The molecular formula is C16H23FIN3O2. The SMILES string of the molecule is CC1CCCN(C(N)=NCc2cc(F)cc3c2OCOC3)C1.I. The lowest BCUT2D eigenvalue weighted by Crippen LogP contribution is -2.43. The van der Waals surface area contributed by atoms with E-state index in [1.165, 1.54) is 18.6 Å². The third-order valence-corrected chi connectivity index (χ3v) is 4.14. The molecule has 1 saturated heterocycles. The van der Waals surface area contributed by atoms with Gasteiger partial charge in [-0.05, 0) is 30.9 Å². The largest absolute Gasteiger partial charge is 0.467 e. The second-order valence-electron chi connectivity index (χ2n) is 6.03. The molecule has 2 aliphatic heterocycles. The lowest BCUT2D eigenvalue weighted by Gasteiger charge is -2.31. The molecule has 3 rings (SSSR count). The number of rotatable bonds is 2. The van der Waals surface area contributed by atoms with Crippen molar-refractivity contribution in [2.75, 3.05) is 19.9 Å². The number of piperidine rings is 1. The molecule has 1 aromatic carbocycles. The van der Waals surface area contributed by atoms with Crippen LogP contribution >= 0.6 is 24.0 Å². The van der Waals surface area contributed by atoms with Gasteiger partial charge < -0.3 is 20.1 Å². The summed E-state index contributed by atoms with van der Waals surface area (Å²) in [4.78, 5) is 6.54. The minimum Gasteiger partial charge on any atom is -0.467 e. The van der Waals surface area contributed by atoms with E-state index in [4.69, 9.17) is 15.2 Å². The van der Waals surface area contributed by atoms with Crippen molar-refractivity contribution in [3.05, 3.63) is 29.1 Å². The number of hydrogen-bond acceptors (Lipinski definition) is 3. The van der Waals surface area contributed by atoms with Gasteiger partial charge in [-0.25, -0.2) is 9.38 Å². The average molecular weight is 435 g/mol. The van der Waals surface area contributed by atoms with E-state index in [0.717, 1.165) is 25.1 Å². The molecule has 2 heterocycles. The second kappa shape index (κ2) is 8.14. The van der Waals surface area contributed by atoms with Crippen LogP contribution in [0.3, 0.4) is 0 Å². The molecule has 2 aliphatic rings. The fourth-order valence-electron chi connectivity index (χ4n) is 3.04. The normalized spacial score (nSPS) is 21.2. The lowest BCUT2D eigenvalue weighted by atomic mass is 10.0. The van der Waals surface area contributed by atoms with Gasteiger partial charge in [0.25, 0.3) is 0 Å². The summed E-state index contributed by atoms with van der Waals surface area (Å²) in [7, 11) is 0. The molecule has 0 bridgehead atoms. The number of nitrogens with two attached hydrogens (primary N) is 1. The summed E-state index contributed by atoms with van der Waals surface area (Å²) in [6.07, 6.45) is 2.36. The third kappa shape index (κ3) is 4.47. The summed E-state index contributed by atoms with van der Waals surface area (Å²) in [5.41, 5.74) is 7.53. The molecule has 5 nitrogen and oxygen atoms in total. The molecule has 0 radical (unpaired) electrons. The Morgan fingerprint density at radius 1 is 1.48 bits per heavy atom. The van der Waals surface area contributed by atoms with Gasteiger partial charge in [0.05, 0.1) is 13.2 Å². The first-order chi connectivity index (χ1) is 10.6. The summed E-state index contributed by atoms with van der Waals surface area (Å²) in [6.45, 7) is 4.95. The maximum absolute atomic E-state index is 13.7. The smallest absolute Gasteiger partial charge is 0.191 e. The molecule has 0 amide bonds. The van der Waals surface area contributed by atoms with Crippen LogP contribution in [-0.2, 0) is 17.9 Å². The third-order valence-electron chi connectivity index (χ3n) is 4.14. The van der Waals surface area contributed by atoms with Crippen LogP contribution in [0.1, 0.15) is 30.9 Å². The topological polar surface area (TPSA) is 60.1 Å².